The zero-order valence-corrected chi connectivity index (χ0v) is 15.5. The van der Waals surface area contributed by atoms with Crippen molar-refractivity contribution in [2.24, 2.45) is 0 Å². The molecule has 9 heteroatoms. The molecule has 3 aromatic rings. The first kappa shape index (κ1) is 17.3. The van der Waals surface area contributed by atoms with Gasteiger partial charge in [-0.15, -0.1) is 11.3 Å². The molecule has 1 aromatic carbocycles. The van der Waals surface area contributed by atoms with Crippen LogP contribution in [0.2, 0.25) is 10.0 Å². The van der Waals surface area contributed by atoms with Gasteiger partial charge < -0.3 is 10.3 Å². The van der Waals surface area contributed by atoms with Crippen molar-refractivity contribution in [1.82, 2.24) is 9.97 Å². The molecule has 2 N–H and O–H groups in total. The number of hydrogen-bond donors (Lipinski definition) is 2. The molecule has 2 aromatic heterocycles. The number of amides is 1. The van der Waals surface area contributed by atoms with Gasteiger partial charge in [0.1, 0.15) is 4.83 Å². The van der Waals surface area contributed by atoms with Gasteiger partial charge in [-0.05, 0) is 31.2 Å². The lowest BCUT2D eigenvalue weighted by molar-refractivity contribution is -0.113. The summed E-state index contributed by atoms with van der Waals surface area (Å²) in [6.07, 6.45) is 0. The Hall–Kier alpha value is -1.54. The van der Waals surface area contributed by atoms with Crippen molar-refractivity contribution in [3.8, 4) is 0 Å². The summed E-state index contributed by atoms with van der Waals surface area (Å²) in [7, 11) is 0. The van der Waals surface area contributed by atoms with Crippen molar-refractivity contribution in [3.05, 3.63) is 49.5 Å². The van der Waals surface area contributed by atoms with Gasteiger partial charge in [0.05, 0.1) is 21.8 Å². The van der Waals surface area contributed by atoms with Crippen LogP contribution in [0.4, 0.5) is 5.69 Å². The largest absolute Gasteiger partial charge is 0.324 e. The molecule has 24 heavy (non-hydrogen) atoms. The van der Waals surface area contributed by atoms with Crippen molar-refractivity contribution in [2.45, 2.75) is 12.1 Å². The standard InChI is InChI=1S/C15H11Cl2N3O2S2/c1-7-4-9-13(22)19-15(20-14(9)24-7)23-6-12(21)18-11-5-8(16)2-3-10(11)17/h2-5H,6H2,1H3,(H,18,21)(H,19,20,22). The minimum Gasteiger partial charge on any atom is -0.324 e. The van der Waals surface area contributed by atoms with E-state index in [4.69, 9.17) is 23.2 Å². The van der Waals surface area contributed by atoms with Crippen molar-refractivity contribution >= 4 is 68.1 Å². The third-order valence-corrected chi connectivity index (χ3v) is 5.43. The maximum absolute atomic E-state index is 12.1. The van der Waals surface area contributed by atoms with Crippen molar-refractivity contribution in [3.63, 3.8) is 0 Å². The van der Waals surface area contributed by atoms with E-state index in [0.717, 1.165) is 16.6 Å². The molecule has 0 aliphatic heterocycles. The van der Waals surface area contributed by atoms with E-state index < -0.39 is 0 Å². The molecular formula is C15H11Cl2N3O2S2. The van der Waals surface area contributed by atoms with Gasteiger partial charge in [0.15, 0.2) is 5.16 Å². The number of aromatic amines is 1. The highest BCUT2D eigenvalue weighted by Crippen LogP contribution is 2.26. The highest BCUT2D eigenvalue weighted by atomic mass is 35.5. The number of thiophene rings is 1. The first-order valence-electron chi connectivity index (χ1n) is 6.80. The highest BCUT2D eigenvalue weighted by Gasteiger charge is 2.11. The Morgan fingerprint density at radius 3 is 2.96 bits per heavy atom. The van der Waals surface area contributed by atoms with Crippen LogP contribution < -0.4 is 10.9 Å². The number of halogens is 2. The van der Waals surface area contributed by atoms with Gasteiger partial charge >= 0.3 is 0 Å². The van der Waals surface area contributed by atoms with E-state index in [-0.39, 0.29) is 17.2 Å². The fourth-order valence-electron chi connectivity index (χ4n) is 2.01. The summed E-state index contributed by atoms with van der Waals surface area (Å²) in [5.41, 5.74) is 0.241. The molecule has 5 nitrogen and oxygen atoms in total. The van der Waals surface area contributed by atoms with E-state index in [1.54, 1.807) is 24.3 Å². The van der Waals surface area contributed by atoms with Crippen LogP contribution in [0, 0.1) is 6.92 Å². The maximum Gasteiger partial charge on any atom is 0.260 e. The fraction of sp³-hybridized carbons (Fsp3) is 0.133. The Kier molecular flexibility index (Phi) is 5.15. The fourth-order valence-corrected chi connectivity index (χ4v) is 3.95. The number of hydrogen-bond acceptors (Lipinski definition) is 5. The second-order valence-corrected chi connectivity index (χ2v) is 7.95. The minimum atomic E-state index is -0.269. The first-order chi connectivity index (χ1) is 11.4. The van der Waals surface area contributed by atoms with Gasteiger partial charge in [-0.3, -0.25) is 9.59 Å². The predicted molar refractivity (Wildman–Crippen MR) is 101 cm³/mol. The molecule has 0 aliphatic rings. The third kappa shape index (κ3) is 3.92. The van der Waals surface area contributed by atoms with Crippen LogP contribution in [0.1, 0.15) is 4.88 Å². The smallest absolute Gasteiger partial charge is 0.260 e. The molecule has 0 bridgehead atoms. The maximum atomic E-state index is 12.1. The number of benzene rings is 1. The number of aromatic nitrogens is 2. The molecule has 0 saturated heterocycles. The first-order valence-corrected chi connectivity index (χ1v) is 9.36. The molecule has 0 radical (unpaired) electrons. The summed E-state index contributed by atoms with van der Waals surface area (Å²) >= 11 is 14.5. The van der Waals surface area contributed by atoms with Crippen LogP contribution >= 0.6 is 46.3 Å². The second-order valence-electron chi connectivity index (χ2n) is 4.91. The SMILES string of the molecule is Cc1cc2c(=O)[nH]c(SCC(=O)Nc3cc(Cl)ccc3Cl)nc2s1. The quantitative estimate of drug-likeness (QED) is 0.505. The monoisotopic (exact) mass is 399 g/mol. The molecule has 0 saturated carbocycles. The molecule has 0 spiro atoms. The summed E-state index contributed by atoms with van der Waals surface area (Å²) in [5, 5.41) is 4.54. The van der Waals surface area contributed by atoms with Gasteiger partial charge in [-0.1, -0.05) is 35.0 Å². The number of carbonyl (C=O) groups is 1. The summed E-state index contributed by atoms with van der Waals surface area (Å²) in [6, 6.07) is 6.63. The molecule has 0 unspecified atom stereocenters. The van der Waals surface area contributed by atoms with E-state index in [2.05, 4.69) is 15.3 Å². The van der Waals surface area contributed by atoms with Gasteiger partial charge in [0.25, 0.3) is 5.56 Å². The molecule has 3 rings (SSSR count). The van der Waals surface area contributed by atoms with Crippen molar-refractivity contribution in [2.75, 3.05) is 11.1 Å². The van der Waals surface area contributed by atoms with Crippen molar-refractivity contribution in [1.29, 1.82) is 0 Å². The molecular weight excluding hydrogens is 389 g/mol. The van der Waals surface area contributed by atoms with Crippen LogP contribution in [0.5, 0.6) is 0 Å². The molecule has 2 heterocycles. The lowest BCUT2D eigenvalue weighted by Gasteiger charge is -2.07. The third-order valence-electron chi connectivity index (χ3n) is 3.05. The van der Waals surface area contributed by atoms with E-state index in [9.17, 15) is 9.59 Å². The zero-order chi connectivity index (χ0) is 17.3. The number of H-pyrrole nitrogens is 1. The Morgan fingerprint density at radius 2 is 2.17 bits per heavy atom. The second kappa shape index (κ2) is 7.14. The number of carbonyl (C=O) groups excluding carboxylic acids is 1. The van der Waals surface area contributed by atoms with Crippen LogP contribution in [-0.2, 0) is 4.79 Å². The van der Waals surface area contributed by atoms with E-state index in [0.29, 0.717) is 31.1 Å². The lowest BCUT2D eigenvalue weighted by Crippen LogP contribution is -2.15. The molecule has 0 atom stereocenters. The number of thioether (sulfide) groups is 1. The summed E-state index contributed by atoms with van der Waals surface area (Å²) in [5.74, 6) is -0.184. The summed E-state index contributed by atoms with van der Waals surface area (Å²) in [6.45, 7) is 1.92. The Morgan fingerprint density at radius 1 is 1.38 bits per heavy atom. The average molecular weight is 400 g/mol. The average Bonchev–Trinajstić information content (AvgIpc) is 2.90. The number of fused-ring (bicyclic) bond motifs is 1. The Bertz CT molecular complexity index is 984. The summed E-state index contributed by atoms with van der Waals surface area (Å²) < 4.78 is 0. The van der Waals surface area contributed by atoms with E-state index in [1.165, 1.54) is 11.3 Å². The topological polar surface area (TPSA) is 74.8 Å². The Balaban J connectivity index is 1.70. The van der Waals surface area contributed by atoms with Gasteiger partial charge in [-0.25, -0.2) is 4.98 Å². The number of nitrogens with one attached hydrogen (secondary N) is 2. The zero-order valence-electron chi connectivity index (χ0n) is 12.4. The van der Waals surface area contributed by atoms with Crippen LogP contribution in [0.25, 0.3) is 10.2 Å². The number of aryl methyl sites for hydroxylation is 1. The minimum absolute atomic E-state index is 0.0850. The summed E-state index contributed by atoms with van der Waals surface area (Å²) in [4.78, 5) is 32.8. The van der Waals surface area contributed by atoms with Gasteiger partial charge in [-0.2, -0.15) is 0 Å². The lowest BCUT2D eigenvalue weighted by atomic mass is 10.3. The molecule has 124 valence electrons. The van der Waals surface area contributed by atoms with Crippen LogP contribution in [-0.4, -0.2) is 21.6 Å². The van der Waals surface area contributed by atoms with E-state index >= 15 is 0 Å². The normalized spacial score (nSPS) is 11.0. The predicted octanol–water partition coefficient (Wildman–Crippen LogP) is 4.33. The van der Waals surface area contributed by atoms with Crippen molar-refractivity contribution < 1.29 is 4.79 Å². The molecule has 0 aliphatic carbocycles. The van der Waals surface area contributed by atoms with E-state index in [1.807, 2.05) is 6.92 Å². The van der Waals surface area contributed by atoms with Crippen LogP contribution in [0.3, 0.4) is 0 Å². The van der Waals surface area contributed by atoms with Gasteiger partial charge in [0, 0.05) is 9.90 Å². The molecule has 1 amide bonds. The number of rotatable bonds is 4. The highest BCUT2D eigenvalue weighted by molar-refractivity contribution is 7.99. The van der Waals surface area contributed by atoms with Crippen LogP contribution in [0.15, 0.2) is 34.2 Å². The number of nitrogens with zero attached hydrogens (tertiary/aromatic N) is 1. The van der Waals surface area contributed by atoms with Gasteiger partial charge in [0.2, 0.25) is 5.91 Å². The molecule has 0 fully saturated rings. The Labute approximate surface area is 155 Å². The number of anilines is 1.